The van der Waals surface area contributed by atoms with Crippen molar-refractivity contribution in [2.45, 2.75) is 13.8 Å². The molecule has 2 aromatic rings. The van der Waals surface area contributed by atoms with Gasteiger partial charge >= 0.3 is 0 Å². The van der Waals surface area contributed by atoms with E-state index in [1.165, 1.54) is 15.6 Å². The van der Waals surface area contributed by atoms with Crippen LogP contribution in [0.3, 0.4) is 0 Å². The van der Waals surface area contributed by atoms with Gasteiger partial charge in [0.1, 0.15) is 10.9 Å². The molecule has 0 saturated carbocycles. The van der Waals surface area contributed by atoms with Gasteiger partial charge in [0, 0.05) is 4.70 Å². The lowest BCUT2D eigenvalue weighted by molar-refractivity contribution is 1.47. The number of hydrogen-bond donors (Lipinski definition) is 0. The van der Waals surface area contributed by atoms with E-state index in [0.29, 0.717) is 0 Å². The fourth-order valence-corrected chi connectivity index (χ4v) is 2.43. The lowest BCUT2D eigenvalue weighted by Gasteiger charge is -1.93. The molecule has 0 aliphatic rings. The Morgan fingerprint density at radius 3 is 2.77 bits per heavy atom. The third kappa shape index (κ3) is 1.22. The van der Waals surface area contributed by atoms with E-state index in [1.54, 1.807) is 11.3 Å². The minimum absolute atomic E-state index is 0.834. The highest BCUT2D eigenvalue weighted by Gasteiger charge is 2.06. The summed E-state index contributed by atoms with van der Waals surface area (Å²) in [7, 11) is 0. The van der Waals surface area contributed by atoms with E-state index in [0.717, 1.165) is 10.4 Å². The molecule has 0 aliphatic heterocycles. The Balaban J connectivity index is 2.87. The molecule has 0 radical (unpaired) electrons. The topological polar surface area (TPSA) is 23.8 Å². The van der Waals surface area contributed by atoms with Crippen molar-refractivity contribution in [3.63, 3.8) is 0 Å². The van der Waals surface area contributed by atoms with Crippen LogP contribution in [0.4, 0.5) is 0 Å². The van der Waals surface area contributed by atoms with Crippen molar-refractivity contribution >= 4 is 21.4 Å². The first-order chi connectivity index (χ1) is 6.22. The number of hydrogen-bond acceptors (Lipinski definition) is 2. The molecule has 0 amide bonds. The number of rotatable bonds is 0. The van der Waals surface area contributed by atoms with Gasteiger partial charge in [-0.1, -0.05) is 17.7 Å². The number of nitrogens with zero attached hydrogens (tertiary/aromatic N) is 1. The summed E-state index contributed by atoms with van der Waals surface area (Å²) in [6.07, 6.45) is 0. The highest BCUT2D eigenvalue weighted by molar-refractivity contribution is 7.19. The van der Waals surface area contributed by atoms with Crippen molar-refractivity contribution in [3.8, 4) is 6.07 Å². The minimum Gasteiger partial charge on any atom is -0.192 e. The van der Waals surface area contributed by atoms with Crippen LogP contribution >= 0.6 is 11.3 Å². The number of aryl methyl sites for hydroxylation is 2. The summed E-state index contributed by atoms with van der Waals surface area (Å²) in [6.45, 7) is 4.08. The van der Waals surface area contributed by atoms with Gasteiger partial charge < -0.3 is 0 Å². The summed E-state index contributed by atoms with van der Waals surface area (Å²) in [5.74, 6) is 0. The number of nitriles is 1. The van der Waals surface area contributed by atoms with Gasteiger partial charge in [-0.3, -0.25) is 0 Å². The summed E-state index contributed by atoms with van der Waals surface area (Å²) in [6, 6.07) is 8.53. The summed E-state index contributed by atoms with van der Waals surface area (Å²) in [4.78, 5) is 0.834. The lowest BCUT2D eigenvalue weighted by Crippen LogP contribution is -1.73. The van der Waals surface area contributed by atoms with Crippen LogP contribution < -0.4 is 0 Å². The molecule has 2 heteroatoms. The predicted octanol–water partition coefficient (Wildman–Crippen LogP) is 3.39. The molecule has 0 unspecified atom stereocenters. The molecule has 1 aromatic carbocycles. The Morgan fingerprint density at radius 2 is 2.08 bits per heavy atom. The van der Waals surface area contributed by atoms with Gasteiger partial charge in [-0.15, -0.1) is 11.3 Å². The summed E-state index contributed by atoms with van der Waals surface area (Å²) < 4.78 is 1.21. The van der Waals surface area contributed by atoms with E-state index in [1.807, 2.05) is 6.92 Å². The normalized spacial score (nSPS) is 10.2. The van der Waals surface area contributed by atoms with E-state index >= 15 is 0 Å². The second kappa shape index (κ2) is 2.86. The van der Waals surface area contributed by atoms with Gasteiger partial charge in [0.25, 0.3) is 0 Å². The lowest BCUT2D eigenvalue weighted by atomic mass is 10.1. The smallest absolute Gasteiger partial charge is 0.110 e. The highest BCUT2D eigenvalue weighted by atomic mass is 32.1. The van der Waals surface area contributed by atoms with Gasteiger partial charge in [-0.2, -0.15) is 5.26 Å². The number of fused-ring (bicyclic) bond motifs is 1. The van der Waals surface area contributed by atoms with Gasteiger partial charge in [0.2, 0.25) is 0 Å². The second-order valence-corrected chi connectivity index (χ2v) is 4.22. The predicted molar refractivity (Wildman–Crippen MR) is 56.0 cm³/mol. The molecule has 0 aliphatic carbocycles. The average molecular weight is 187 g/mol. The van der Waals surface area contributed by atoms with E-state index in [9.17, 15) is 0 Å². The molecular weight excluding hydrogens is 178 g/mol. The van der Waals surface area contributed by atoms with Crippen molar-refractivity contribution in [1.82, 2.24) is 0 Å². The first-order valence-corrected chi connectivity index (χ1v) is 4.94. The molecule has 0 saturated heterocycles. The summed E-state index contributed by atoms with van der Waals surface area (Å²) in [5.41, 5.74) is 2.36. The molecule has 64 valence electrons. The van der Waals surface area contributed by atoms with Crippen molar-refractivity contribution < 1.29 is 0 Å². The van der Waals surface area contributed by atoms with E-state index in [-0.39, 0.29) is 0 Å². The zero-order valence-corrected chi connectivity index (χ0v) is 8.40. The second-order valence-electron chi connectivity index (χ2n) is 3.17. The van der Waals surface area contributed by atoms with Crippen LogP contribution in [0.25, 0.3) is 10.1 Å². The molecule has 1 heterocycles. The van der Waals surface area contributed by atoms with Crippen LogP contribution in [0.2, 0.25) is 0 Å². The maximum Gasteiger partial charge on any atom is 0.110 e. The van der Waals surface area contributed by atoms with Crippen molar-refractivity contribution in [1.29, 1.82) is 5.26 Å². The zero-order valence-electron chi connectivity index (χ0n) is 7.59. The van der Waals surface area contributed by atoms with Crippen LogP contribution in [0.1, 0.15) is 16.0 Å². The minimum atomic E-state index is 0.834. The molecule has 0 N–H and O–H groups in total. The van der Waals surface area contributed by atoms with Gasteiger partial charge in [0.05, 0.1) is 0 Å². The largest absolute Gasteiger partial charge is 0.192 e. The van der Waals surface area contributed by atoms with Crippen LogP contribution in [0.15, 0.2) is 18.2 Å². The zero-order chi connectivity index (χ0) is 9.42. The van der Waals surface area contributed by atoms with Crippen LogP contribution in [-0.2, 0) is 0 Å². The standard InChI is InChI=1S/C11H9NS/c1-7-3-4-10-9(5-7)8(2)11(6-12)13-10/h3-5H,1-2H3. The molecule has 0 bridgehead atoms. The molecular formula is C11H9NS. The maximum absolute atomic E-state index is 8.85. The molecule has 0 atom stereocenters. The fourth-order valence-electron chi connectivity index (χ4n) is 1.44. The third-order valence-electron chi connectivity index (χ3n) is 2.19. The van der Waals surface area contributed by atoms with Gasteiger partial charge in [0.15, 0.2) is 0 Å². The van der Waals surface area contributed by atoms with E-state index in [4.69, 9.17) is 5.26 Å². The number of benzene rings is 1. The molecule has 0 spiro atoms. The Kier molecular flexibility index (Phi) is 1.82. The summed E-state index contributed by atoms with van der Waals surface area (Å²) >= 11 is 1.57. The first-order valence-electron chi connectivity index (χ1n) is 4.12. The Labute approximate surface area is 81.2 Å². The van der Waals surface area contributed by atoms with Crippen molar-refractivity contribution in [2.75, 3.05) is 0 Å². The molecule has 2 rings (SSSR count). The van der Waals surface area contributed by atoms with Gasteiger partial charge in [-0.25, -0.2) is 0 Å². The Morgan fingerprint density at radius 1 is 1.31 bits per heavy atom. The number of thiophene rings is 1. The third-order valence-corrected chi connectivity index (χ3v) is 3.37. The monoisotopic (exact) mass is 187 g/mol. The molecule has 1 nitrogen and oxygen atoms in total. The SMILES string of the molecule is Cc1ccc2sc(C#N)c(C)c2c1. The molecule has 13 heavy (non-hydrogen) atoms. The molecule has 0 fully saturated rings. The Bertz CT molecular complexity index is 503. The fraction of sp³-hybridized carbons (Fsp3) is 0.182. The van der Waals surface area contributed by atoms with Crippen LogP contribution in [-0.4, -0.2) is 0 Å². The summed E-state index contributed by atoms with van der Waals surface area (Å²) in [5, 5.41) is 10.1. The maximum atomic E-state index is 8.85. The first kappa shape index (κ1) is 8.28. The van der Waals surface area contributed by atoms with Gasteiger partial charge in [-0.05, 0) is 30.9 Å². The van der Waals surface area contributed by atoms with E-state index in [2.05, 4.69) is 31.2 Å². The van der Waals surface area contributed by atoms with Crippen molar-refractivity contribution in [2.24, 2.45) is 0 Å². The highest BCUT2D eigenvalue weighted by Crippen LogP contribution is 2.30. The van der Waals surface area contributed by atoms with Crippen LogP contribution in [0.5, 0.6) is 0 Å². The quantitative estimate of drug-likeness (QED) is 0.620. The van der Waals surface area contributed by atoms with Crippen molar-refractivity contribution in [3.05, 3.63) is 34.2 Å². The Hall–Kier alpha value is -1.33. The molecule has 1 aromatic heterocycles. The van der Waals surface area contributed by atoms with Crippen LogP contribution in [0, 0.1) is 25.2 Å². The van der Waals surface area contributed by atoms with E-state index < -0.39 is 0 Å². The average Bonchev–Trinajstić information content (AvgIpc) is 2.44.